The minimum Gasteiger partial charge on any atom is -0.481 e. The normalized spacial score (nSPS) is 21.1. The van der Waals surface area contributed by atoms with Crippen LogP contribution in [0.4, 0.5) is 0 Å². The summed E-state index contributed by atoms with van der Waals surface area (Å²) in [5.74, 6) is -0.185. The topological polar surface area (TPSA) is 57.6 Å². The van der Waals surface area contributed by atoms with E-state index in [0.29, 0.717) is 18.8 Å². The third-order valence-corrected chi connectivity index (χ3v) is 4.12. The van der Waals surface area contributed by atoms with Crippen molar-refractivity contribution in [1.82, 2.24) is 4.90 Å². The minimum atomic E-state index is -0.769. The van der Waals surface area contributed by atoms with Crippen molar-refractivity contribution in [3.05, 3.63) is 0 Å². The molecule has 1 rings (SSSR count). The number of carbonyl (C=O) groups excluding carboxylic acids is 1. The molecule has 1 aliphatic heterocycles. The van der Waals surface area contributed by atoms with E-state index in [1.165, 1.54) is 0 Å². The largest absolute Gasteiger partial charge is 0.481 e. The highest BCUT2D eigenvalue weighted by atomic mass is 16.4. The van der Waals surface area contributed by atoms with Crippen LogP contribution in [-0.2, 0) is 9.59 Å². The van der Waals surface area contributed by atoms with E-state index in [4.69, 9.17) is 5.11 Å². The van der Waals surface area contributed by atoms with E-state index in [9.17, 15) is 9.59 Å². The summed E-state index contributed by atoms with van der Waals surface area (Å²) in [5.41, 5.74) is 0.240. The first-order chi connectivity index (χ1) is 9.69. The Morgan fingerprint density at radius 1 is 1.29 bits per heavy atom. The van der Waals surface area contributed by atoms with Gasteiger partial charge in [0.2, 0.25) is 5.91 Å². The van der Waals surface area contributed by atoms with Gasteiger partial charge in [-0.05, 0) is 43.4 Å². The lowest BCUT2D eigenvalue weighted by Crippen LogP contribution is -2.44. The number of hydrogen-bond donors (Lipinski definition) is 1. The fourth-order valence-corrected chi connectivity index (χ4v) is 3.45. The number of aliphatic carboxylic acids is 1. The maximum Gasteiger partial charge on any atom is 0.303 e. The molecule has 0 aromatic rings. The van der Waals surface area contributed by atoms with E-state index < -0.39 is 5.97 Å². The highest BCUT2D eigenvalue weighted by molar-refractivity contribution is 5.77. The lowest BCUT2D eigenvalue weighted by Gasteiger charge is -2.36. The van der Waals surface area contributed by atoms with Crippen molar-refractivity contribution in [2.45, 2.75) is 78.7 Å². The predicted octanol–water partition coefficient (Wildman–Crippen LogP) is 3.69. The Hall–Kier alpha value is -1.06. The average Bonchev–Trinajstić information content (AvgIpc) is 2.34. The summed E-state index contributed by atoms with van der Waals surface area (Å²) in [6.45, 7) is 9.53. The van der Waals surface area contributed by atoms with Crippen LogP contribution in [-0.4, -0.2) is 34.5 Å². The molecule has 0 aliphatic carbocycles. The maximum absolute atomic E-state index is 12.5. The molecule has 4 nitrogen and oxygen atoms in total. The Labute approximate surface area is 128 Å². The first-order valence-electron chi connectivity index (χ1n) is 8.20. The monoisotopic (exact) mass is 297 g/mol. The molecule has 1 amide bonds. The number of carbonyl (C=O) groups is 2. The molecule has 0 radical (unpaired) electrons. The van der Waals surface area contributed by atoms with Crippen molar-refractivity contribution in [3.63, 3.8) is 0 Å². The number of piperidine rings is 1. The van der Waals surface area contributed by atoms with E-state index in [2.05, 4.69) is 27.7 Å². The van der Waals surface area contributed by atoms with E-state index >= 15 is 0 Å². The van der Waals surface area contributed by atoms with E-state index in [-0.39, 0.29) is 23.8 Å². The molecule has 2 atom stereocenters. The maximum atomic E-state index is 12.5. The molecular weight excluding hydrogens is 266 g/mol. The Balaban J connectivity index is 2.54. The average molecular weight is 297 g/mol. The predicted molar refractivity (Wildman–Crippen MR) is 84.1 cm³/mol. The van der Waals surface area contributed by atoms with Gasteiger partial charge in [-0.15, -0.1) is 0 Å². The van der Waals surface area contributed by atoms with Crippen molar-refractivity contribution in [2.75, 3.05) is 6.54 Å². The molecule has 0 spiro atoms. The molecule has 21 heavy (non-hydrogen) atoms. The third kappa shape index (κ3) is 6.96. The zero-order valence-corrected chi connectivity index (χ0v) is 14.0. The Morgan fingerprint density at radius 2 is 1.95 bits per heavy atom. The molecule has 4 heteroatoms. The van der Waals surface area contributed by atoms with E-state index in [1.807, 2.05) is 4.90 Å². The van der Waals surface area contributed by atoms with Gasteiger partial charge in [-0.1, -0.05) is 27.7 Å². The molecule has 1 heterocycles. The van der Waals surface area contributed by atoms with Gasteiger partial charge < -0.3 is 10.0 Å². The molecule has 0 saturated carbocycles. The van der Waals surface area contributed by atoms with Gasteiger partial charge in [-0.25, -0.2) is 0 Å². The molecule has 1 fully saturated rings. The smallest absolute Gasteiger partial charge is 0.303 e. The van der Waals surface area contributed by atoms with Crippen molar-refractivity contribution in [2.24, 2.45) is 11.3 Å². The van der Waals surface area contributed by atoms with E-state index in [0.717, 1.165) is 32.2 Å². The molecule has 1 aliphatic rings. The van der Waals surface area contributed by atoms with Gasteiger partial charge in [0.25, 0.3) is 0 Å². The molecule has 1 N–H and O–H groups in total. The molecule has 1 saturated heterocycles. The first kappa shape index (κ1) is 18.0. The number of hydrogen-bond acceptors (Lipinski definition) is 2. The Morgan fingerprint density at radius 3 is 2.52 bits per heavy atom. The van der Waals surface area contributed by atoms with Gasteiger partial charge in [-0.2, -0.15) is 0 Å². The molecule has 122 valence electrons. The number of likely N-dealkylation sites (tertiary alicyclic amines) is 1. The van der Waals surface area contributed by atoms with E-state index in [1.54, 1.807) is 0 Å². The summed E-state index contributed by atoms with van der Waals surface area (Å²) >= 11 is 0. The molecular formula is C17H31NO3. The van der Waals surface area contributed by atoms with Gasteiger partial charge in [-0.3, -0.25) is 9.59 Å². The second-order valence-electron chi connectivity index (χ2n) is 7.74. The first-order valence-corrected chi connectivity index (χ1v) is 8.20. The summed E-state index contributed by atoms with van der Waals surface area (Å²) < 4.78 is 0. The molecule has 0 bridgehead atoms. The second-order valence-corrected chi connectivity index (χ2v) is 7.74. The van der Waals surface area contributed by atoms with Gasteiger partial charge in [0.1, 0.15) is 0 Å². The minimum absolute atomic E-state index is 0.129. The van der Waals surface area contributed by atoms with Crippen LogP contribution in [0.25, 0.3) is 0 Å². The van der Waals surface area contributed by atoms with Crippen LogP contribution < -0.4 is 0 Å². The van der Waals surface area contributed by atoms with Crippen LogP contribution in [0.2, 0.25) is 0 Å². The standard InChI is InChI=1S/C17H31NO3/c1-13(12-17(2,3)4)11-15(19)18-10-6-5-7-14(18)8-9-16(20)21/h13-14H,5-12H2,1-4H3,(H,20,21). The number of carboxylic acids is 1. The fraction of sp³-hybridized carbons (Fsp3) is 0.882. The Bertz CT molecular complexity index is 360. The Kier molecular flexibility index (Phi) is 6.69. The van der Waals surface area contributed by atoms with Crippen LogP contribution in [0, 0.1) is 11.3 Å². The van der Waals surface area contributed by atoms with Crippen LogP contribution in [0.3, 0.4) is 0 Å². The summed E-state index contributed by atoms with van der Waals surface area (Å²) in [7, 11) is 0. The zero-order chi connectivity index (χ0) is 16.0. The number of rotatable bonds is 6. The number of amides is 1. The summed E-state index contributed by atoms with van der Waals surface area (Å²) in [4.78, 5) is 25.2. The molecule has 0 aromatic heterocycles. The highest BCUT2D eigenvalue weighted by Crippen LogP contribution is 2.28. The van der Waals surface area contributed by atoms with Crippen LogP contribution in [0.15, 0.2) is 0 Å². The fourth-order valence-electron chi connectivity index (χ4n) is 3.45. The van der Waals surface area contributed by atoms with Crippen molar-refractivity contribution >= 4 is 11.9 Å². The van der Waals surface area contributed by atoms with Gasteiger partial charge in [0.15, 0.2) is 0 Å². The zero-order valence-electron chi connectivity index (χ0n) is 14.0. The summed E-state index contributed by atoms with van der Waals surface area (Å²) in [5, 5.41) is 8.84. The highest BCUT2D eigenvalue weighted by Gasteiger charge is 2.28. The molecule has 0 aromatic carbocycles. The lowest BCUT2D eigenvalue weighted by atomic mass is 9.84. The van der Waals surface area contributed by atoms with Gasteiger partial charge >= 0.3 is 5.97 Å². The number of carboxylic acid groups (broad SMARTS) is 1. The molecule has 2 unspecified atom stereocenters. The number of nitrogens with zero attached hydrogens (tertiary/aromatic N) is 1. The van der Waals surface area contributed by atoms with Crippen molar-refractivity contribution in [3.8, 4) is 0 Å². The van der Waals surface area contributed by atoms with Gasteiger partial charge in [0.05, 0.1) is 0 Å². The van der Waals surface area contributed by atoms with Gasteiger partial charge in [0, 0.05) is 25.4 Å². The SMILES string of the molecule is CC(CC(=O)N1CCCCC1CCC(=O)O)CC(C)(C)C. The third-order valence-electron chi connectivity index (χ3n) is 4.12. The van der Waals surface area contributed by atoms with Crippen molar-refractivity contribution in [1.29, 1.82) is 0 Å². The lowest BCUT2D eigenvalue weighted by molar-refractivity contribution is -0.140. The van der Waals surface area contributed by atoms with Crippen LogP contribution in [0.1, 0.15) is 72.6 Å². The summed E-state index contributed by atoms with van der Waals surface area (Å²) in [6, 6.07) is 0.129. The quantitative estimate of drug-likeness (QED) is 0.813. The second kappa shape index (κ2) is 7.81. The van der Waals surface area contributed by atoms with Crippen LogP contribution >= 0.6 is 0 Å². The van der Waals surface area contributed by atoms with Crippen molar-refractivity contribution < 1.29 is 14.7 Å². The van der Waals surface area contributed by atoms with Crippen LogP contribution in [0.5, 0.6) is 0 Å². The summed E-state index contributed by atoms with van der Waals surface area (Å²) in [6.07, 6.45) is 5.47.